The summed E-state index contributed by atoms with van der Waals surface area (Å²) in [7, 11) is 0. The van der Waals surface area contributed by atoms with Crippen molar-refractivity contribution in [3.8, 4) is 0 Å². The van der Waals surface area contributed by atoms with Gasteiger partial charge in [-0.25, -0.2) is 0 Å². The van der Waals surface area contributed by atoms with Crippen molar-refractivity contribution in [2.24, 2.45) is 5.92 Å². The number of Topliss-reactive ketones (excluding diaryl/α,β-unsaturated/α-hetero) is 2. The van der Waals surface area contributed by atoms with Crippen molar-refractivity contribution < 1.29 is 9.59 Å². The Kier molecular flexibility index (Phi) is 5.93. The molecule has 0 N–H and O–H groups in total. The van der Waals surface area contributed by atoms with E-state index < -0.39 is 0 Å². The third kappa shape index (κ3) is 4.31. The topological polar surface area (TPSA) is 34.1 Å². The fourth-order valence-electron chi connectivity index (χ4n) is 3.61. The van der Waals surface area contributed by atoms with Crippen molar-refractivity contribution in [1.82, 2.24) is 0 Å². The van der Waals surface area contributed by atoms with Gasteiger partial charge in [-0.3, -0.25) is 9.59 Å². The first-order valence-electron chi connectivity index (χ1n) is 8.62. The van der Waals surface area contributed by atoms with E-state index in [1.54, 1.807) is 12.1 Å². The zero-order valence-electron chi connectivity index (χ0n) is 13.9. The van der Waals surface area contributed by atoms with Crippen LogP contribution in [0.15, 0.2) is 48.5 Å². The van der Waals surface area contributed by atoms with Gasteiger partial charge in [-0.15, -0.1) is 0 Å². The molecule has 2 aromatic rings. The molecule has 0 unspecified atom stereocenters. The second-order valence-electron chi connectivity index (χ2n) is 6.59. The van der Waals surface area contributed by atoms with Crippen LogP contribution < -0.4 is 0 Å². The van der Waals surface area contributed by atoms with Crippen molar-refractivity contribution in [1.29, 1.82) is 0 Å². The van der Waals surface area contributed by atoms with E-state index in [4.69, 9.17) is 23.2 Å². The largest absolute Gasteiger partial charge is 0.299 e. The summed E-state index contributed by atoms with van der Waals surface area (Å²) in [5.41, 5.74) is 1.59. The molecule has 0 saturated heterocycles. The Hall–Kier alpha value is -1.64. The summed E-state index contributed by atoms with van der Waals surface area (Å²) in [6, 6.07) is 14.7. The second kappa shape index (κ2) is 8.16. The van der Waals surface area contributed by atoms with Gasteiger partial charge in [-0.05, 0) is 30.5 Å². The number of hydrogen-bond acceptors (Lipinski definition) is 2. The van der Waals surface area contributed by atoms with Gasteiger partial charge >= 0.3 is 0 Å². The van der Waals surface area contributed by atoms with Gasteiger partial charge in [0.15, 0.2) is 5.78 Å². The lowest BCUT2D eigenvalue weighted by Crippen LogP contribution is -2.27. The first-order valence-corrected chi connectivity index (χ1v) is 9.38. The highest BCUT2D eigenvalue weighted by atomic mass is 35.5. The fourth-order valence-corrected chi connectivity index (χ4v) is 3.92. The molecule has 0 heterocycles. The van der Waals surface area contributed by atoms with Gasteiger partial charge in [-0.1, -0.05) is 66.0 Å². The smallest absolute Gasteiger partial charge is 0.163 e. The molecule has 2 atom stereocenters. The lowest BCUT2D eigenvalue weighted by molar-refractivity contribution is -0.125. The van der Waals surface area contributed by atoms with E-state index in [1.807, 2.05) is 36.4 Å². The average Bonchev–Trinajstić information content (AvgIpc) is 2.63. The molecule has 0 radical (unpaired) electrons. The molecule has 4 heteroatoms. The normalized spacial score (nSPS) is 18.8. The number of benzene rings is 2. The molecule has 1 fully saturated rings. The number of ketones is 2. The van der Waals surface area contributed by atoms with E-state index in [1.165, 1.54) is 0 Å². The molecule has 1 aliphatic carbocycles. The summed E-state index contributed by atoms with van der Waals surface area (Å²) in [6.07, 6.45) is 3.69. The summed E-state index contributed by atoms with van der Waals surface area (Å²) in [5.74, 6) is 0.0205. The lowest BCUT2D eigenvalue weighted by Gasteiger charge is -2.29. The molecule has 1 aliphatic rings. The average molecular weight is 375 g/mol. The first-order chi connectivity index (χ1) is 12.1. The second-order valence-corrected chi connectivity index (χ2v) is 7.41. The van der Waals surface area contributed by atoms with Crippen LogP contribution >= 0.6 is 23.2 Å². The van der Waals surface area contributed by atoms with Crippen molar-refractivity contribution in [3.63, 3.8) is 0 Å². The van der Waals surface area contributed by atoms with Crippen LogP contribution in [-0.2, 0) is 4.79 Å². The molecule has 2 nitrogen and oxygen atoms in total. The lowest BCUT2D eigenvalue weighted by atomic mass is 9.73. The van der Waals surface area contributed by atoms with Gasteiger partial charge in [0.2, 0.25) is 0 Å². The minimum absolute atomic E-state index is 0.0510. The van der Waals surface area contributed by atoms with Crippen LogP contribution in [-0.4, -0.2) is 11.6 Å². The quantitative estimate of drug-likeness (QED) is 0.591. The van der Waals surface area contributed by atoms with Crippen molar-refractivity contribution in [2.45, 2.75) is 38.0 Å². The molecule has 3 rings (SSSR count). The van der Waals surface area contributed by atoms with E-state index in [9.17, 15) is 9.59 Å². The van der Waals surface area contributed by atoms with E-state index in [0.717, 1.165) is 24.8 Å². The van der Waals surface area contributed by atoms with Crippen molar-refractivity contribution in [2.75, 3.05) is 0 Å². The summed E-state index contributed by atoms with van der Waals surface area (Å²) < 4.78 is 0. The SMILES string of the molecule is O=C(C[C@H](c1ccc(Cl)c(Cl)c1)[C@H]1CCCCC1=O)c1ccccc1. The van der Waals surface area contributed by atoms with Gasteiger partial charge in [0.05, 0.1) is 10.0 Å². The van der Waals surface area contributed by atoms with Crippen LogP contribution in [0.3, 0.4) is 0 Å². The molecule has 0 spiro atoms. The van der Waals surface area contributed by atoms with Crippen LogP contribution in [0.4, 0.5) is 0 Å². The van der Waals surface area contributed by atoms with E-state index in [-0.39, 0.29) is 23.4 Å². The van der Waals surface area contributed by atoms with Gasteiger partial charge in [0.25, 0.3) is 0 Å². The molecule has 0 aliphatic heterocycles. The maximum absolute atomic E-state index is 12.8. The van der Waals surface area contributed by atoms with Crippen LogP contribution in [0.1, 0.15) is 53.9 Å². The molecule has 2 aromatic carbocycles. The third-order valence-electron chi connectivity index (χ3n) is 4.96. The number of hydrogen-bond donors (Lipinski definition) is 0. The van der Waals surface area contributed by atoms with Crippen LogP contribution in [0, 0.1) is 5.92 Å². The van der Waals surface area contributed by atoms with Crippen molar-refractivity contribution in [3.05, 3.63) is 69.7 Å². The Labute approximate surface area is 158 Å². The zero-order chi connectivity index (χ0) is 17.8. The Morgan fingerprint density at radius 2 is 1.80 bits per heavy atom. The minimum Gasteiger partial charge on any atom is -0.299 e. The van der Waals surface area contributed by atoms with Gasteiger partial charge in [0, 0.05) is 30.2 Å². The van der Waals surface area contributed by atoms with Gasteiger partial charge in [-0.2, -0.15) is 0 Å². The Morgan fingerprint density at radius 1 is 1.04 bits per heavy atom. The maximum Gasteiger partial charge on any atom is 0.163 e. The summed E-state index contributed by atoms with van der Waals surface area (Å²) in [5, 5.41) is 0.938. The predicted octanol–water partition coefficient (Wildman–Crippen LogP) is 6.11. The van der Waals surface area contributed by atoms with Crippen LogP contribution in [0.2, 0.25) is 10.0 Å². The molecule has 130 valence electrons. The highest BCUT2D eigenvalue weighted by Crippen LogP contribution is 2.39. The van der Waals surface area contributed by atoms with Crippen LogP contribution in [0.5, 0.6) is 0 Å². The number of carbonyl (C=O) groups excluding carboxylic acids is 2. The van der Waals surface area contributed by atoms with Crippen LogP contribution in [0.25, 0.3) is 0 Å². The summed E-state index contributed by atoms with van der Waals surface area (Å²) >= 11 is 12.2. The number of halogens is 2. The Morgan fingerprint density at radius 3 is 2.48 bits per heavy atom. The van der Waals surface area contributed by atoms with Gasteiger partial charge in [0.1, 0.15) is 5.78 Å². The first kappa shape index (κ1) is 18.2. The highest BCUT2D eigenvalue weighted by molar-refractivity contribution is 6.42. The molecule has 25 heavy (non-hydrogen) atoms. The third-order valence-corrected chi connectivity index (χ3v) is 5.70. The molecule has 1 saturated carbocycles. The predicted molar refractivity (Wildman–Crippen MR) is 102 cm³/mol. The van der Waals surface area contributed by atoms with Gasteiger partial charge < -0.3 is 0 Å². The standard InChI is InChI=1S/C21H20Cl2O2/c22-18-11-10-15(12-19(18)23)17(16-8-4-5-9-20(16)24)13-21(25)14-6-2-1-3-7-14/h1-3,6-7,10-12,16-17H,4-5,8-9,13H2/t16-,17-/m1/s1. The molecule has 0 aromatic heterocycles. The number of rotatable bonds is 5. The Balaban J connectivity index is 1.92. The molecular weight excluding hydrogens is 355 g/mol. The highest BCUT2D eigenvalue weighted by Gasteiger charge is 2.33. The van der Waals surface area contributed by atoms with E-state index in [2.05, 4.69) is 0 Å². The number of carbonyl (C=O) groups is 2. The minimum atomic E-state index is -0.157. The Bertz CT molecular complexity index is 771. The van der Waals surface area contributed by atoms with E-state index >= 15 is 0 Å². The summed E-state index contributed by atoms with van der Waals surface area (Å²) in [6.45, 7) is 0. The monoisotopic (exact) mass is 374 g/mol. The maximum atomic E-state index is 12.8. The molecule has 0 bridgehead atoms. The molecular formula is C21H20Cl2O2. The summed E-state index contributed by atoms with van der Waals surface area (Å²) in [4.78, 5) is 25.3. The fraction of sp³-hybridized carbons (Fsp3) is 0.333. The van der Waals surface area contributed by atoms with Crippen molar-refractivity contribution >= 4 is 34.8 Å². The molecule has 0 amide bonds. The zero-order valence-corrected chi connectivity index (χ0v) is 15.4. The van der Waals surface area contributed by atoms with E-state index in [0.29, 0.717) is 28.5 Å².